The zero-order valence-electron chi connectivity index (χ0n) is 29.7. The Morgan fingerprint density at radius 2 is 0.891 bits per heavy atom. The molecule has 0 aliphatic rings. The standard InChI is InChI=1S/C51H32N2O2/c1-4-14-33(15-5-1)42-31-44-39-20-10-11-22-41(39)50-49(46(44)32-43(42)34-16-6-2-7-17-34)52-51(55-50)35-24-26-37(27-25-35)53(36-18-8-3-9-19-36)38-28-29-48-45(30-38)40-21-12-13-23-47(40)54-48/h1-32H. The molecule has 0 atom stereocenters. The molecule has 0 radical (unpaired) electrons. The van der Waals surface area contributed by atoms with Crippen molar-refractivity contribution in [1.29, 1.82) is 0 Å². The third-order valence-corrected chi connectivity index (χ3v) is 10.7. The third kappa shape index (κ3) is 5.19. The maximum Gasteiger partial charge on any atom is 0.227 e. The van der Waals surface area contributed by atoms with E-state index in [-0.39, 0.29) is 0 Å². The van der Waals surface area contributed by atoms with Crippen LogP contribution in [0.25, 0.3) is 88.3 Å². The van der Waals surface area contributed by atoms with E-state index in [1.807, 2.05) is 18.2 Å². The molecule has 11 rings (SSSR count). The fraction of sp³-hybridized carbons (Fsp3) is 0. The van der Waals surface area contributed by atoms with E-state index >= 15 is 0 Å². The summed E-state index contributed by atoms with van der Waals surface area (Å²) in [5.41, 5.74) is 12.1. The summed E-state index contributed by atoms with van der Waals surface area (Å²) >= 11 is 0. The van der Waals surface area contributed by atoms with Crippen molar-refractivity contribution in [2.24, 2.45) is 0 Å². The lowest BCUT2D eigenvalue weighted by Gasteiger charge is -2.25. The van der Waals surface area contributed by atoms with E-state index < -0.39 is 0 Å². The molecule has 258 valence electrons. The van der Waals surface area contributed by atoms with Gasteiger partial charge in [0, 0.05) is 44.2 Å². The zero-order valence-corrected chi connectivity index (χ0v) is 29.7. The monoisotopic (exact) mass is 704 g/mol. The lowest BCUT2D eigenvalue weighted by molar-refractivity contribution is 0.623. The summed E-state index contributed by atoms with van der Waals surface area (Å²) in [4.78, 5) is 7.53. The number of oxazole rings is 1. The fourth-order valence-corrected chi connectivity index (χ4v) is 8.09. The van der Waals surface area contributed by atoms with E-state index in [0.717, 1.165) is 88.3 Å². The average Bonchev–Trinajstić information content (AvgIpc) is 3.88. The van der Waals surface area contributed by atoms with Gasteiger partial charge in [-0.05, 0) is 106 Å². The highest BCUT2D eigenvalue weighted by Gasteiger charge is 2.20. The van der Waals surface area contributed by atoms with Crippen LogP contribution in [0.15, 0.2) is 203 Å². The normalized spacial score (nSPS) is 11.6. The van der Waals surface area contributed by atoms with Gasteiger partial charge in [0.25, 0.3) is 0 Å². The van der Waals surface area contributed by atoms with Gasteiger partial charge in [0.15, 0.2) is 5.58 Å². The van der Waals surface area contributed by atoms with Crippen molar-refractivity contribution in [3.63, 3.8) is 0 Å². The maximum atomic E-state index is 6.75. The summed E-state index contributed by atoms with van der Waals surface area (Å²) in [7, 11) is 0. The second-order valence-electron chi connectivity index (χ2n) is 13.9. The molecule has 0 spiro atoms. The molecule has 0 fully saturated rings. The van der Waals surface area contributed by atoms with E-state index in [9.17, 15) is 0 Å². The van der Waals surface area contributed by atoms with E-state index in [2.05, 4.69) is 181 Å². The molecule has 0 N–H and O–H groups in total. The molecule has 2 heterocycles. The highest BCUT2D eigenvalue weighted by molar-refractivity contribution is 6.24. The van der Waals surface area contributed by atoms with Crippen molar-refractivity contribution in [2.45, 2.75) is 0 Å². The van der Waals surface area contributed by atoms with Crippen molar-refractivity contribution < 1.29 is 8.83 Å². The largest absolute Gasteiger partial charge is 0.456 e. The van der Waals surface area contributed by atoms with E-state index in [1.54, 1.807) is 0 Å². The Morgan fingerprint density at radius 3 is 1.60 bits per heavy atom. The number of hydrogen-bond acceptors (Lipinski definition) is 4. The van der Waals surface area contributed by atoms with Crippen LogP contribution in [0.3, 0.4) is 0 Å². The molecule has 0 bridgehead atoms. The van der Waals surface area contributed by atoms with Gasteiger partial charge < -0.3 is 13.7 Å². The van der Waals surface area contributed by atoms with Crippen LogP contribution < -0.4 is 4.90 Å². The Bertz CT molecular complexity index is 3180. The summed E-state index contributed by atoms with van der Waals surface area (Å²) in [6, 6.07) is 67.9. The van der Waals surface area contributed by atoms with Gasteiger partial charge >= 0.3 is 0 Å². The molecule has 0 saturated carbocycles. The smallest absolute Gasteiger partial charge is 0.227 e. The van der Waals surface area contributed by atoms with Crippen LogP contribution in [0.2, 0.25) is 0 Å². The van der Waals surface area contributed by atoms with Crippen LogP contribution in [0.4, 0.5) is 17.1 Å². The second-order valence-corrected chi connectivity index (χ2v) is 13.9. The van der Waals surface area contributed by atoms with Crippen molar-refractivity contribution in [2.75, 3.05) is 4.90 Å². The van der Waals surface area contributed by atoms with Crippen LogP contribution in [0.5, 0.6) is 0 Å². The Hall–Kier alpha value is -7.43. The van der Waals surface area contributed by atoms with E-state index in [4.69, 9.17) is 13.8 Å². The Morgan fingerprint density at radius 1 is 0.345 bits per heavy atom. The van der Waals surface area contributed by atoms with E-state index in [0.29, 0.717) is 5.89 Å². The molecular formula is C51H32N2O2. The molecule has 0 amide bonds. The number of para-hydroxylation sites is 2. The maximum absolute atomic E-state index is 6.75. The van der Waals surface area contributed by atoms with Crippen molar-refractivity contribution in [1.82, 2.24) is 4.98 Å². The number of anilines is 3. The summed E-state index contributed by atoms with van der Waals surface area (Å²) in [6.45, 7) is 0. The third-order valence-electron chi connectivity index (χ3n) is 10.7. The van der Waals surface area contributed by atoms with Crippen LogP contribution in [0, 0.1) is 0 Å². The first kappa shape index (κ1) is 31.1. The first-order chi connectivity index (χ1) is 27.3. The number of aromatic nitrogens is 1. The Kier molecular flexibility index (Phi) is 7.14. The van der Waals surface area contributed by atoms with Crippen LogP contribution in [-0.4, -0.2) is 4.98 Å². The Balaban J connectivity index is 1.07. The summed E-state index contributed by atoms with van der Waals surface area (Å²) in [5.74, 6) is 0.588. The summed E-state index contributed by atoms with van der Waals surface area (Å²) < 4.78 is 12.9. The molecule has 4 heteroatoms. The number of furan rings is 1. The second kappa shape index (κ2) is 12.6. The van der Waals surface area contributed by atoms with Gasteiger partial charge in [-0.3, -0.25) is 0 Å². The van der Waals surface area contributed by atoms with Gasteiger partial charge in [-0.2, -0.15) is 0 Å². The molecule has 9 aromatic carbocycles. The van der Waals surface area contributed by atoms with Crippen LogP contribution in [-0.2, 0) is 0 Å². The van der Waals surface area contributed by atoms with Crippen molar-refractivity contribution >= 4 is 71.6 Å². The molecule has 0 saturated heterocycles. The molecule has 0 aliphatic heterocycles. The molecule has 0 aliphatic carbocycles. The van der Waals surface area contributed by atoms with Gasteiger partial charge in [0.2, 0.25) is 5.89 Å². The first-order valence-electron chi connectivity index (χ1n) is 18.5. The van der Waals surface area contributed by atoms with Crippen molar-refractivity contribution in [3.05, 3.63) is 194 Å². The van der Waals surface area contributed by atoms with Gasteiger partial charge in [-0.25, -0.2) is 4.98 Å². The SMILES string of the molecule is c1ccc(-c2cc3c4ccccc4c4oc(-c5ccc(N(c6ccccc6)c6ccc7oc8ccccc8c7c6)cc5)nc4c3cc2-c2ccccc2)cc1. The molecule has 55 heavy (non-hydrogen) atoms. The Labute approximate surface area is 317 Å². The lowest BCUT2D eigenvalue weighted by Crippen LogP contribution is -2.09. The zero-order chi connectivity index (χ0) is 36.3. The molecule has 0 unspecified atom stereocenters. The van der Waals surface area contributed by atoms with Gasteiger partial charge in [-0.1, -0.05) is 121 Å². The predicted octanol–water partition coefficient (Wildman–Crippen LogP) is 14.5. The highest BCUT2D eigenvalue weighted by atomic mass is 16.3. The topological polar surface area (TPSA) is 42.4 Å². The highest BCUT2D eigenvalue weighted by Crippen LogP contribution is 2.44. The number of fused-ring (bicyclic) bond motifs is 9. The predicted molar refractivity (Wildman–Crippen MR) is 227 cm³/mol. The number of hydrogen-bond donors (Lipinski definition) is 0. The average molecular weight is 705 g/mol. The summed E-state index contributed by atoms with van der Waals surface area (Å²) in [6.07, 6.45) is 0. The lowest BCUT2D eigenvalue weighted by atomic mass is 9.89. The molecule has 2 aromatic heterocycles. The number of rotatable bonds is 6. The molecular weight excluding hydrogens is 673 g/mol. The molecule has 11 aromatic rings. The minimum absolute atomic E-state index is 0.588. The minimum atomic E-state index is 0.588. The van der Waals surface area contributed by atoms with Crippen molar-refractivity contribution in [3.8, 4) is 33.7 Å². The molecule has 4 nitrogen and oxygen atoms in total. The quantitative estimate of drug-likeness (QED) is 0.162. The van der Waals surface area contributed by atoms with Gasteiger partial charge in [0.05, 0.1) is 0 Å². The van der Waals surface area contributed by atoms with Gasteiger partial charge in [0.1, 0.15) is 16.7 Å². The van der Waals surface area contributed by atoms with Gasteiger partial charge in [-0.15, -0.1) is 0 Å². The van der Waals surface area contributed by atoms with Crippen LogP contribution in [0.1, 0.15) is 0 Å². The fourth-order valence-electron chi connectivity index (χ4n) is 8.09. The number of benzene rings is 9. The first-order valence-corrected chi connectivity index (χ1v) is 18.5. The summed E-state index contributed by atoms with van der Waals surface area (Å²) in [5, 5.41) is 6.59. The van der Waals surface area contributed by atoms with Crippen LogP contribution >= 0.6 is 0 Å². The van der Waals surface area contributed by atoms with E-state index in [1.165, 1.54) is 11.1 Å². The minimum Gasteiger partial charge on any atom is -0.456 e. The number of nitrogens with zero attached hydrogens (tertiary/aromatic N) is 2.